The summed E-state index contributed by atoms with van der Waals surface area (Å²) >= 11 is 0. The van der Waals surface area contributed by atoms with Crippen LogP contribution in [0.3, 0.4) is 0 Å². The first-order chi connectivity index (χ1) is 10.5. The lowest BCUT2D eigenvalue weighted by molar-refractivity contribution is -0.174. The average molecular weight is 346 g/mol. The second-order valence-corrected chi connectivity index (χ2v) is 4.37. The Labute approximate surface area is 121 Å². The second kappa shape index (κ2) is 5.72. The zero-order chi connectivity index (χ0) is 17.4. The lowest BCUT2D eigenvalue weighted by Crippen LogP contribution is -2.24. The second-order valence-electron chi connectivity index (χ2n) is 4.37. The van der Waals surface area contributed by atoms with Crippen molar-refractivity contribution in [2.24, 2.45) is 0 Å². The molecule has 0 saturated heterocycles. The molecule has 2 heterocycles. The van der Waals surface area contributed by atoms with E-state index in [0.717, 1.165) is 0 Å². The molecular formula is C10H8F6N4O3. The number of H-pyrrole nitrogens is 2. The summed E-state index contributed by atoms with van der Waals surface area (Å²) in [6, 6.07) is 0. The Bertz CT molecular complexity index is 815. The molecule has 0 saturated carbocycles. The lowest BCUT2D eigenvalue weighted by Gasteiger charge is -2.07. The maximum atomic E-state index is 12.8. The van der Waals surface area contributed by atoms with Crippen LogP contribution in [0, 0.1) is 0 Å². The van der Waals surface area contributed by atoms with Crippen molar-refractivity contribution in [3.63, 3.8) is 0 Å². The standard InChI is InChI=1S/C10H8F6N4O3/c11-9(12,13)3-23-2-1-20-5-4(6(19-20)10(14,15)16)17-8(22)18-7(5)21/h1-3H2,(H2,17,18,21,22). The molecule has 0 aliphatic rings. The van der Waals surface area contributed by atoms with Crippen molar-refractivity contribution >= 4 is 11.0 Å². The van der Waals surface area contributed by atoms with Crippen LogP contribution < -0.4 is 11.2 Å². The number of fused-ring (bicyclic) bond motifs is 1. The Hall–Kier alpha value is -2.31. The minimum atomic E-state index is -4.97. The van der Waals surface area contributed by atoms with Gasteiger partial charge in [0.15, 0.2) is 11.2 Å². The number of halogens is 6. The van der Waals surface area contributed by atoms with Gasteiger partial charge in [-0.25, -0.2) is 4.79 Å². The topological polar surface area (TPSA) is 92.8 Å². The highest BCUT2D eigenvalue weighted by Gasteiger charge is 2.38. The first kappa shape index (κ1) is 17.1. The van der Waals surface area contributed by atoms with Gasteiger partial charge < -0.3 is 9.72 Å². The molecule has 0 atom stereocenters. The van der Waals surface area contributed by atoms with Gasteiger partial charge in [0.2, 0.25) is 0 Å². The molecule has 0 radical (unpaired) electrons. The third kappa shape index (κ3) is 3.91. The van der Waals surface area contributed by atoms with Gasteiger partial charge in [0.1, 0.15) is 12.1 Å². The number of rotatable bonds is 4. The van der Waals surface area contributed by atoms with Crippen LogP contribution in [-0.4, -0.2) is 39.1 Å². The fourth-order valence-corrected chi connectivity index (χ4v) is 1.82. The van der Waals surface area contributed by atoms with Gasteiger partial charge in [0.25, 0.3) is 5.56 Å². The fourth-order valence-electron chi connectivity index (χ4n) is 1.82. The van der Waals surface area contributed by atoms with Crippen molar-refractivity contribution in [3.8, 4) is 0 Å². The van der Waals surface area contributed by atoms with Gasteiger partial charge in [0, 0.05) is 0 Å². The molecule has 0 aromatic carbocycles. The summed E-state index contributed by atoms with van der Waals surface area (Å²) in [6.45, 7) is -2.77. The van der Waals surface area contributed by atoms with E-state index in [1.54, 1.807) is 9.97 Å². The predicted octanol–water partition coefficient (Wildman–Crippen LogP) is 1.01. The molecule has 0 spiro atoms. The van der Waals surface area contributed by atoms with Gasteiger partial charge in [0.05, 0.1) is 13.2 Å². The Morgan fingerprint density at radius 1 is 1.09 bits per heavy atom. The summed E-state index contributed by atoms with van der Waals surface area (Å²) in [5.74, 6) is 0. The zero-order valence-electron chi connectivity index (χ0n) is 11.0. The molecule has 2 aromatic heterocycles. The van der Waals surface area contributed by atoms with Crippen molar-refractivity contribution in [3.05, 3.63) is 26.5 Å². The molecule has 2 aromatic rings. The van der Waals surface area contributed by atoms with Crippen LogP contribution in [-0.2, 0) is 17.5 Å². The van der Waals surface area contributed by atoms with Crippen molar-refractivity contribution < 1.29 is 31.1 Å². The van der Waals surface area contributed by atoms with Gasteiger partial charge in [-0.05, 0) is 0 Å². The Balaban J connectivity index is 2.37. The Morgan fingerprint density at radius 2 is 1.74 bits per heavy atom. The smallest absolute Gasteiger partial charge is 0.370 e. The summed E-state index contributed by atoms with van der Waals surface area (Å²) in [6.07, 6.45) is -9.56. The quantitative estimate of drug-likeness (QED) is 0.638. The summed E-state index contributed by atoms with van der Waals surface area (Å²) < 4.78 is 79.1. The van der Waals surface area contributed by atoms with Crippen molar-refractivity contribution in [1.29, 1.82) is 0 Å². The fraction of sp³-hybridized carbons (Fsp3) is 0.500. The number of aromatic nitrogens is 4. The number of hydrogen-bond donors (Lipinski definition) is 2. The van der Waals surface area contributed by atoms with E-state index >= 15 is 0 Å². The highest BCUT2D eigenvalue weighted by atomic mass is 19.4. The molecule has 0 unspecified atom stereocenters. The maximum Gasteiger partial charge on any atom is 0.437 e. The first-order valence-electron chi connectivity index (χ1n) is 5.94. The van der Waals surface area contributed by atoms with E-state index in [-0.39, 0.29) is 0 Å². The number of hydrogen-bond acceptors (Lipinski definition) is 4. The summed E-state index contributed by atoms with van der Waals surface area (Å²) in [5, 5.41) is 3.14. The van der Waals surface area contributed by atoms with Gasteiger partial charge >= 0.3 is 18.0 Å². The maximum absolute atomic E-state index is 12.8. The number of nitrogens with one attached hydrogen (secondary N) is 2. The molecule has 0 bridgehead atoms. The molecule has 0 fully saturated rings. The third-order valence-corrected chi connectivity index (χ3v) is 2.61. The molecule has 0 aliphatic carbocycles. The van der Waals surface area contributed by atoms with Crippen molar-refractivity contribution in [2.45, 2.75) is 18.9 Å². The van der Waals surface area contributed by atoms with Gasteiger partial charge in [-0.15, -0.1) is 0 Å². The molecule has 23 heavy (non-hydrogen) atoms. The lowest BCUT2D eigenvalue weighted by atomic mass is 10.3. The SMILES string of the molecule is O=c1[nH]c(=O)c2c([nH]1)c(C(F)(F)F)nn2CCOCC(F)(F)F. The van der Waals surface area contributed by atoms with Crippen LogP contribution in [0.2, 0.25) is 0 Å². The van der Waals surface area contributed by atoms with Crippen LogP contribution in [0.1, 0.15) is 5.69 Å². The molecule has 2 rings (SSSR count). The third-order valence-electron chi connectivity index (χ3n) is 2.61. The van der Waals surface area contributed by atoms with E-state index in [9.17, 15) is 35.9 Å². The monoisotopic (exact) mass is 346 g/mol. The number of aromatic amines is 2. The van der Waals surface area contributed by atoms with Gasteiger partial charge in [-0.1, -0.05) is 0 Å². The molecule has 0 amide bonds. The first-order valence-corrected chi connectivity index (χ1v) is 5.94. The molecule has 0 aliphatic heterocycles. The highest BCUT2D eigenvalue weighted by molar-refractivity contribution is 5.76. The average Bonchev–Trinajstić information content (AvgIpc) is 2.72. The number of ether oxygens (including phenoxy) is 1. The van der Waals surface area contributed by atoms with Crippen LogP contribution in [0.4, 0.5) is 26.3 Å². The highest BCUT2D eigenvalue weighted by Crippen LogP contribution is 2.31. The van der Waals surface area contributed by atoms with E-state index in [1.807, 2.05) is 0 Å². The van der Waals surface area contributed by atoms with Crippen LogP contribution in [0.15, 0.2) is 9.59 Å². The largest absolute Gasteiger partial charge is 0.437 e. The molecule has 2 N–H and O–H groups in total. The molecule has 13 heteroatoms. The minimum absolute atomic E-state index is 0.531. The molecule has 7 nitrogen and oxygen atoms in total. The summed E-state index contributed by atoms with van der Waals surface area (Å²) in [4.78, 5) is 26.2. The minimum Gasteiger partial charge on any atom is -0.370 e. The zero-order valence-corrected chi connectivity index (χ0v) is 11.0. The van der Waals surface area contributed by atoms with Crippen LogP contribution in [0.5, 0.6) is 0 Å². The molecular weight excluding hydrogens is 338 g/mol. The number of nitrogens with zero attached hydrogens (tertiary/aromatic N) is 2. The van der Waals surface area contributed by atoms with Gasteiger partial charge in [-0.2, -0.15) is 31.4 Å². The Morgan fingerprint density at radius 3 is 2.30 bits per heavy atom. The van der Waals surface area contributed by atoms with Crippen LogP contribution >= 0.6 is 0 Å². The van der Waals surface area contributed by atoms with Gasteiger partial charge in [-0.3, -0.25) is 14.5 Å². The summed E-state index contributed by atoms with van der Waals surface area (Å²) in [5.41, 5.74) is -5.30. The number of alkyl halides is 6. The molecule has 128 valence electrons. The van der Waals surface area contributed by atoms with E-state index in [1.165, 1.54) is 0 Å². The van der Waals surface area contributed by atoms with Crippen molar-refractivity contribution in [2.75, 3.05) is 13.2 Å². The van der Waals surface area contributed by atoms with E-state index in [2.05, 4.69) is 9.84 Å². The van der Waals surface area contributed by atoms with E-state index < -0.39 is 60.1 Å². The normalized spacial score (nSPS) is 13.0. The van der Waals surface area contributed by atoms with Crippen molar-refractivity contribution in [1.82, 2.24) is 19.7 Å². The van der Waals surface area contributed by atoms with Crippen LogP contribution in [0.25, 0.3) is 11.0 Å². The predicted molar refractivity (Wildman–Crippen MR) is 62.9 cm³/mol. The van der Waals surface area contributed by atoms with E-state index in [4.69, 9.17) is 0 Å². The Kier molecular flexibility index (Phi) is 4.24. The summed E-state index contributed by atoms with van der Waals surface area (Å²) in [7, 11) is 0. The van der Waals surface area contributed by atoms with E-state index in [0.29, 0.717) is 4.68 Å².